The van der Waals surface area contributed by atoms with Gasteiger partial charge in [-0.1, -0.05) is 17.5 Å². The van der Waals surface area contributed by atoms with Crippen molar-refractivity contribution in [1.82, 2.24) is 15.2 Å². The Morgan fingerprint density at radius 1 is 1.38 bits per heavy atom. The monoisotopic (exact) mass is 409 g/mol. The molecule has 6 nitrogen and oxygen atoms in total. The topological polar surface area (TPSA) is 81.1 Å². The molecule has 1 aromatic carbocycles. The summed E-state index contributed by atoms with van der Waals surface area (Å²) in [5, 5.41) is 15.1. The Labute approximate surface area is 176 Å². The number of halogens is 1. The van der Waals surface area contributed by atoms with Gasteiger partial charge in [-0.2, -0.15) is 0 Å². The zero-order valence-electron chi connectivity index (χ0n) is 16.9. The van der Waals surface area contributed by atoms with E-state index in [0.29, 0.717) is 5.02 Å². The molecule has 2 heterocycles. The van der Waals surface area contributed by atoms with Crippen molar-refractivity contribution in [3.63, 3.8) is 0 Å². The summed E-state index contributed by atoms with van der Waals surface area (Å²) in [6, 6.07) is 9.49. The molecule has 1 unspecified atom stereocenters. The van der Waals surface area contributed by atoms with E-state index in [1.165, 1.54) is 4.90 Å². The number of nitrogens with zero attached hydrogens (tertiary/aromatic N) is 2. The van der Waals surface area contributed by atoms with Crippen molar-refractivity contribution in [2.45, 2.75) is 38.8 Å². The van der Waals surface area contributed by atoms with E-state index in [-0.39, 0.29) is 24.3 Å². The van der Waals surface area contributed by atoms with Crippen molar-refractivity contribution < 1.29 is 4.79 Å². The molecule has 1 amide bonds. The maximum Gasteiger partial charge on any atom is 0.231 e. The Balaban J connectivity index is 1.84. The van der Waals surface area contributed by atoms with Gasteiger partial charge in [0, 0.05) is 29.5 Å². The maximum absolute atomic E-state index is 12.3. The van der Waals surface area contributed by atoms with Gasteiger partial charge in [-0.05, 0) is 56.7 Å². The van der Waals surface area contributed by atoms with Gasteiger partial charge >= 0.3 is 0 Å². The Morgan fingerprint density at radius 2 is 2.14 bits per heavy atom. The molecule has 3 N–H and O–H groups in total. The van der Waals surface area contributed by atoms with Crippen LogP contribution >= 0.6 is 11.6 Å². The molecule has 2 aromatic rings. The second kappa shape index (κ2) is 8.14. The normalized spacial score (nSPS) is 19.8. The maximum atomic E-state index is 12.3. The van der Waals surface area contributed by atoms with Crippen LogP contribution in [0, 0.1) is 17.3 Å². The van der Waals surface area contributed by atoms with Crippen LogP contribution in [0.5, 0.6) is 0 Å². The number of nitrogens with one attached hydrogen (secondary N) is 3. The second-order valence-corrected chi connectivity index (χ2v) is 7.75. The predicted molar refractivity (Wildman–Crippen MR) is 116 cm³/mol. The molecule has 1 aromatic heterocycles. The number of guanidine groups is 1. The molecule has 29 heavy (non-hydrogen) atoms. The molecular weight excluding hydrogens is 386 g/mol. The van der Waals surface area contributed by atoms with E-state index in [1.807, 2.05) is 38.1 Å². The van der Waals surface area contributed by atoms with Gasteiger partial charge in [0.2, 0.25) is 5.91 Å². The highest BCUT2D eigenvalue weighted by molar-refractivity contribution is 6.31. The molecule has 3 rings (SSSR count). The standard InChI is InChI=1S/C22H24ClN5O/c1-5-6-15-7-10-19(25-13-15)14(2)26-16-8-9-18(23)17(11-16)22(3)12-20(29)28(4)21(24)27-22/h7-11,13-14,26H,12H2,1-4H3,(H2,24,27)/t14?,22-/m0/s1. The summed E-state index contributed by atoms with van der Waals surface area (Å²) in [6.45, 7) is 5.71. The number of benzene rings is 1. The van der Waals surface area contributed by atoms with Crippen LogP contribution in [0.2, 0.25) is 5.02 Å². The lowest BCUT2D eigenvalue weighted by atomic mass is 9.86. The molecule has 0 saturated carbocycles. The van der Waals surface area contributed by atoms with Crippen molar-refractivity contribution in [2.75, 3.05) is 12.4 Å². The van der Waals surface area contributed by atoms with Gasteiger partial charge < -0.3 is 10.6 Å². The van der Waals surface area contributed by atoms with E-state index in [1.54, 1.807) is 26.2 Å². The number of amides is 1. The zero-order chi connectivity index (χ0) is 21.2. The lowest BCUT2D eigenvalue weighted by Crippen LogP contribution is -2.58. The summed E-state index contributed by atoms with van der Waals surface area (Å²) >= 11 is 6.46. The number of carbonyl (C=O) groups is 1. The fourth-order valence-electron chi connectivity index (χ4n) is 3.34. The fraction of sp³-hybridized carbons (Fsp3) is 0.318. The molecule has 0 bridgehead atoms. The highest BCUT2D eigenvalue weighted by Gasteiger charge is 2.39. The first-order valence-corrected chi connectivity index (χ1v) is 9.70. The van der Waals surface area contributed by atoms with Gasteiger partial charge in [0.1, 0.15) is 0 Å². The summed E-state index contributed by atoms with van der Waals surface area (Å²) in [7, 11) is 1.59. The molecule has 1 aliphatic rings. The SMILES string of the molecule is CC#Cc1ccc(C(C)Nc2ccc(Cl)c([C@]3(C)CC(=O)N(C)C(=N)N3)c2)nc1. The average molecular weight is 410 g/mol. The summed E-state index contributed by atoms with van der Waals surface area (Å²) < 4.78 is 0. The number of rotatable bonds is 4. The average Bonchev–Trinajstić information content (AvgIpc) is 2.68. The third kappa shape index (κ3) is 4.36. The largest absolute Gasteiger partial charge is 0.377 e. The van der Waals surface area contributed by atoms with E-state index in [2.05, 4.69) is 27.5 Å². The molecule has 1 aliphatic heterocycles. The number of hydrogen-bond donors (Lipinski definition) is 3. The minimum absolute atomic E-state index is 0.0363. The molecule has 150 valence electrons. The van der Waals surface area contributed by atoms with Gasteiger partial charge in [-0.3, -0.25) is 20.1 Å². The van der Waals surface area contributed by atoms with Crippen molar-refractivity contribution >= 4 is 29.2 Å². The molecule has 0 spiro atoms. The number of hydrogen-bond acceptors (Lipinski definition) is 4. The van der Waals surface area contributed by atoms with Crippen LogP contribution in [0.1, 0.15) is 50.1 Å². The first-order chi connectivity index (χ1) is 13.7. The van der Waals surface area contributed by atoms with Gasteiger partial charge in [0.15, 0.2) is 5.96 Å². The number of anilines is 1. The van der Waals surface area contributed by atoms with E-state index in [4.69, 9.17) is 17.0 Å². The van der Waals surface area contributed by atoms with Crippen LogP contribution in [0.15, 0.2) is 36.5 Å². The van der Waals surface area contributed by atoms with Gasteiger partial charge in [-0.25, -0.2) is 0 Å². The Kier molecular flexibility index (Phi) is 5.81. The van der Waals surface area contributed by atoms with E-state index in [0.717, 1.165) is 22.5 Å². The van der Waals surface area contributed by atoms with Crippen molar-refractivity contribution in [3.8, 4) is 11.8 Å². The van der Waals surface area contributed by atoms with Crippen molar-refractivity contribution in [2.24, 2.45) is 0 Å². The number of pyridine rings is 1. The van der Waals surface area contributed by atoms with E-state index >= 15 is 0 Å². The zero-order valence-corrected chi connectivity index (χ0v) is 17.7. The summed E-state index contributed by atoms with van der Waals surface area (Å²) in [5.41, 5.74) is 2.65. The molecule has 1 fully saturated rings. The molecule has 0 aliphatic carbocycles. The van der Waals surface area contributed by atoms with Crippen LogP contribution < -0.4 is 10.6 Å². The first kappa shape index (κ1) is 20.7. The van der Waals surface area contributed by atoms with Crippen LogP contribution in [0.3, 0.4) is 0 Å². The summed E-state index contributed by atoms with van der Waals surface area (Å²) in [6.07, 6.45) is 1.98. The Bertz CT molecular complexity index is 988. The van der Waals surface area contributed by atoms with Crippen molar-refractivity contribution in [3.05, 3.63) is 58.4 Å². The van der Waals surface area contributed by atoms with Crippen LogP contribution in [0.25, 0.3) is 0 Å². The molecule has 0 radical (unpaired) electrons. The number of aromatic nitrogens is 1. The van der Waals surface area contributed by atoms with Gasteiger partial charge in [0.05, 0.1) is 23.7 Å². The molecule has 1 saturated heterocycles. The Morgan fingerprint density at radius 3 is 2.76 bits per heavy atom. The van der Waals surface area contributed by atoms with Crippen LogP contribution in [-0.4, -0.2) is 28.8 Å². The smallest absolute Gasteiger partial charge is 0.231 e. The molecule has 2 atom stereocenters. The third-order valence-corrected chi connectivity index (χ3v) is 5.38. The minimum Gasteiger partial charge on any atom is -0.377 e. The third-order valence-electron chi connectivity index (χ3n) is 5.05. The van der Waals surface area contributed by atoms with Crippen LogP contribution in [0.4, 0.5) is 5.69 Å². The van der Waals surface area contributed by atoms with E-state index < -0.39 is 5.54 Å². The highest BCUT2D eigenvalue weighted by atomic mass is 35.5. The fourth-order valence-corrected chi connectivity index (χ4v) is 3.67. The van der Waals surface area contributed by atoms with Gasteiger partial charge in [-0.15, -0.1) is 5.92 Å². The van der Waals surface area contributed by atoms with Crippen molar-refractivity contribution in [1.29, 1.82) is 5.41 Å². The summed E-state index contributed by atoms with van der Waals surface area (Å²) in [5.74, 6) is 5.78. The van der Waals surface area contributed by atoms with Gasteiger partial charge in [0.25, 0.3) is 0 Å². The second-order valence-electron chi connectivity index (χ2n) is 7.34. The molecule has 7 heteroatoms. The highest BCUT2D eigenvalue weighted by Crippen LogP contribution is 2.36. The minimum atomic E-state index is -0.753. The molecular formula is C22H24ClN5O. The predicted octanol–water partition coefficient (Wildman–Crippen LogP) is 3.88. The Hall–Kier alpha value is -3.04. The first-order valence-electron chi connectivity index (χ1n) is 9.32. The lowest BCUT2D eigenvalue weighted by Gasteiger charge is -2.40. The number of carbonyl (C=O) groups excluding carboxylic acids is 1. The quantitative estimate of drug-likeness (QED) is 0.669. The van der Waals surface area contributed by atoms with E-state index in [9.17, 15) is 4.79 Å². The van der Waals surface area contributed by atoms with Crippen LogP contribution in [-0.2, 0) is 10.3 Å². The summed E-state index contributed by atoms with van der Waals surface area (Å²) in [4.78, 5) is 18.1. The lowest BCUT2D eigenvalue weighted by molar-refractivity contribution is -0.129.